The molecule has 2 aromatic rings. The lowest BCUT2D eigenvalue weighted by Gasteiger charge is -2.07. The fourth-order valence-electron chi connectivity index (χ4n) is 1.53. The lowest BCUT2D eigenvalue weighted by Crippen LogP contribution is -2.08. The largest absolute Gasteiger partial charge is 0.465 e. The molecule has 0 aliphatic rings. The normalized spacial score (nSPS) is 10.2. The zero-order chi connectivity index (χ0) is 14.5. The van der Waals surface area contributed by atoms with Crippen molar-refractivity contribution in [3.05, 3.63) is 52.0 Å². The molecule has 0 aliphatic carbocycles. The predicted molar refractivity (Wildman–Crippen MR) is 74.8 cm³/mol. The first-order chi connectivity index (χ1) is 9.60. The Balaban J connectivity index is 2.12. The van der Waals surface area contributed by atoms with Gasteiger partial charge in [-0.05, 0) is 34.1 Å². The average molecular weight is 340 g/mol. The number of hydrogen-bond acceptors (Lipinski definition) is 5. The number of nitrogens with one attached hydrogen (secondary N) is 1. The Morgan fingerprint density at radius 3 is 2.75 bits per heavy atom. The number of carbonyl (C=O) groups is 1. The topological polar surface area (TPSA) is 64.1 Å². The third-order valence-electron chi connectivity index (χ3n) is 2.52. The van der Waals surface area contributed by atoms with Gasteiger partial charge in [0.1, 0.15) is 5.82 Å². The zero-order valence-electron chi connectivity index (χ0n) is 10.6. The molecule has 0 saturated carbocycles. The van der Waals surface area contributed by atoms with Crippen LogP contribution in [0.3, 0.4) is 0 Å². The van der Waals surface area contributed by atoms with Crippen molar-refractivity contribution in [2.75, 3.05) is 12.4 Å². The number of benzene rings is 1. The number of esters is 1. The first-order valence-corrected chi connectivity index (χ1v) is 6.47. The van der Waals surface area contributed by atoms with E-state index in [0.29, 0.717) is 17.1 Å². The van der Waals surface area contributed by atoms with Gasteiger partial charge in [-0.1, -0.05) is 0 Å². The molecule has 0 fully saturated rings. The number of anilines is 1. The lowest BCUT2D eigenvalue weighted by atomic mass is 10.1. The number of nitrogens with zero attached hydrogens (tertiary/aromatic N) is 2. The van der Waals surface area contributed by atoms with Gasteiger partial charge in [-0.25, -0.2) is 19.2 Å². The van der Waals surface area contributed by atoms with Crippen LogP contribution in [0.5, 0.6) is 0 Å². The van der Waals surface area contributed by atoms with Crippen LogP contribution in [-0.2, 0) is 11.3 Å². The molecule has 1 aromatic heterocycles. The average Bonchev–Trinajstić information content (AvgIpc) is 2.47. The maximum atomic E-state index is 13.7. The summed E-state index contributed by atoms with van der Waals surface area (Å²) in [6.45, 7) is 0.165. The molecule has 7 heteroatoms. The fraction of sp³-hybridized carbons (Fsp3) is 0.154. The molecule has 1 aromatic carbocycles. The summed E-state index contributed by atoms with van der Waals surface area (Å²) in [5.41, 5.74) is 0.627. The smallest absolute Gasteiger partial charge is 0.337 e. The van der Waals surface area contributed by atoms with Gasteiger partial charge in [0.25, 0.3) is 0 Å². The van der Waals surface area contributed by atoms with Gasteiger partial charge in [-0.2, -0.15) is 0 Å². The number of rotatable bonds is 4. The highest BCUT2D eigenvalue weighted by atomic mass is 79.9. The number of aromatic nitrogens is 2. The van der Waals surface area contributed by atoms with Crippen LogP contribution in [0.4, 0.5) is 10.3 Å². The van der Waals surface area contributed by atoms with Crippen LogP contribution in [0.15, 0.2) is 35.1 Å². The van der Waals surface area contributed by atoms with Gasteiger partial charge in [0.05, 0.1) is 17.1 Å². The predicted octanol–water partition coefficient (Wildman–Crippen LogP) is 2.78. The van der Waals surface area contributed by atoms with Crippen molar-refractivity contribution in [3.63, 3.8) is 0 Å². The van der Waals surface area contributed by atoms with Gasteiger partial charge in [-0.3, -0.25) is 0 Å². The van der Waals surface area contributed by atoms with E-state index in [0.717, 1.165) is 4.47 Å². The summed E-state index contributed by atoms with van der Waals surface area (Å²) in [7, 11) is 1.28. The molecule has 0 amide bonds. The molecule has 2 rings (SSSR count). The third kappa shape index (κ3) is 3.51. The molecule has 0 saturated heterocycles. The van der Waals surface area contributed by atoms with Crippen molar-refractivity contribution >= 4 is 27.8 Å². The zero-order valence-corrected chi connectivity index (χ0v) is 12.1. The first kappa shape index (κ1) is 14.4. The van der Waals surface area contributed by atoms with Crippen LogP contribution in [-0.4, -0.2) is 23.0 Å². The van der Waals surface area contributed by atoms with Gasteiger partial charge in [-0.15, -0.1) is 0 Å². The number of halogens is 2. The highest BCUT2D eigenvalue weighted by molar-refractivity contribution is 9.10. The van der Waals surface area contributed by atoms with Crippen LogP contribution in [0.25, 0.3) is 0 Å². The van der Waals surface area contributed by atoms with E-state index >= 15 is 0 Å². The van der Waals surface area contributed by atoms with Gasteiger partial charge in [0.15, 0.2) is 0 Å². The molecular formula is C13H11BrFN3O2. The van der Waals surface area contributed by atoms with E-state index in [1.54, 1.807) is 12.4 Å². The van der Waals surface area contributed by atoms with Gasteiger partial charge in [0.2, 0.25) is 5.95 Å². The molecule has 20 heavy (non-hydrogen) atoms. The molecule has 0 spiro atoms. The Hall–Kier alpha value is -2.02. The van der Waals surface area contributed by atoms with Crippen molar-refractivity contribution in [2.45, 2.75) is 6.54 Å². The summed E-state index contributed by atoms with van der Waals surface area (Å²) in [6, 6.07) is 4.04. The quantitative estimate of drug-likeness (QED) is 0.867. The Morgan fingerprint density at radius 1 is 1.40 bits per heavy atom. The maximum absolute atomic E-state index is 13.7. The number of methoxy groups -OCH3 is 1. The van der Waals surface area contributed by atoms with Crippen molar-refractivity contribution < 1.29 is 13.9 Å². The summed E-state index contributed by atoms with van der Waals surface area (Å²) >= 11 is 3.22. The van der Waals surface area contributed by atoms with E-state index in [9.17, 15) is 9.18 Å². The minimum absolute atomic E-state index is 0.165. The molecule has 1 heterocycles. The molecule has 0 atom stereocenters. The van der Waals surface area contributed by atoms with E-state index < -0.39 is 11.8 Å². The molecule has 0 unspecified atom stereocenters. The Kier molecular flexibility index (Phi) is 4.62. The lowest BCUT2D eigenvalue weighted by molar-refractivity contribution is 0.0600. The van der Waals surface area contributed by atoms with Crippen LogP contribution >= 0.6 is 15.9 Å². The summed E-state index contributed by atoms with van der Waals surface area (Å²) in [6.07, 6.45) is 3.16. The highest BCUT2D eigenvalue weighted by Crippen LogP contribution is 2.13. The summed E-state index contributed by atoms with van der Waals surface area (Å²) < 4.78 is 19.0. The van der Waals surface area contributed by atoms with E-state index in [2.05, 4.69) is 36.0 Å². The van der Waals surface area contributed by atoms with Gasteiger partial charge >= 0.3 is 5.97 Å². The standard InChI is InChI=1S/C13H11BrFN3O2/c1-20-12(19)8-2-3-11(15)9(4-8)5-16-13-17-6-10(14)7-18-13/h2-4,6-7H,5H2,1H3,(H,16,17,18). The monoisotopic (exact) mass is 339 g/mol. The van der Waals surface area contributed by atoms with E-state index in [4.69, 9.17) is 0 Å². The first-order valence-electron chi connectivity index (χ1n) is 5.68. The minimum Gasteiger partial charge on any atom is -0.465 e. The van der Waals surface area contributed by atoms with Crippen molar-refractivity contribution in [3.8, 4) is 0 Å². The van der Waals surface area contributed by atoms with Crippen LogP contribution in [0, 0.1) is 5.82 Å². The Labute approximate surface area is 123 Å². The molecule has 0 aliphatic heterocycles. The van der Waals surface area contributed by atoms with Crippen LogP contribution < -0.4 is 5.32 Å². The van der Waals surface area contributed by atoms with E-state index in [-0.39, 0.29) is 6.54 Å². The minimum atomic E-state index is -0.508. The summed E-state index contributed by atoms with van der Waals surface area (Å²) in [5, 5.41) is 2.88. The molecule has 104 valence electrons. The van der Waals surface area contributed by atoms with Gasteiger partial charge < -0.3 is 10.1 Å². The third-order valence-corrected chi connectivity index (χ3v) is 2.93. The number of carbonyl (C=O) groups excluding carboxylic acids is 1. The van der Waals surface area contributed by atoms with Gasteiger partial charge in [0, 0.05) is 24.5 Å². The SMILES string of the molecule is COC(=O)c1ccc(F)c(CNc2ncc(Br)cn2)c1. The highest BCUT2D eigenvalue weighted by Gasteiger charge is 2.10. The number of ether oxygens (including phenoxy) is 1. The van der Waals surface area contributed by atoms with E-state index in [1.165, 1.54) is 25.3 Å². The molecule has 0 radical (unpaired) electrons. The number of hydrogen-bond donors (Lipinski definition) is 1. The van der Waals surface area contributed by atoms with Crippen LogP contribution in [0.1, 0.15) is 15.9 Å². The van der Waals surface area contributed by atoms with Crippen molar-refractivity contribution in [1.82, 2.24) is 9.97 Å². The summed E-state index contributed by atoms with van der Waals surface area (Å²) in [4.78, 5) is 19.4. The van der Waals surface area contributed by atoms with Crippen molar-refractivity contribution in [1.29, 1.82) is 0 Å². The second-order valence-electron chi connectivity index (χ2n) is 3.88. The molecule has 5 nitrogen and oxygen atoms in total. The molecule has 1 N–H and O–H groups in total. The molecular weight excluding hydrogens is 329 g/mol. The summed E-state index contributed by atoms with van der Waals surface area (Å²) in [5.74, 6) is -0.551. The second kappa shape index (κ2) is 6.42. The Morgan fingerprint density at radius 2 is 2.10 bits per heavy atom. The van der Waals surface area contributed by atoms with Crippen molar-refractivity contribution in [2.24, 2.45) is 0 Å². The van der Waals surface area contributed by atoms with Crippen LogP contribution in [0.2, 0.25) is 0 Å². The Bertz CT molecular complexity index is 620. The molecule has 0 bridgehead atoms. The fourth-order valence-corrected chi connectivity index (χ4v) is 1.74. The maximum Gasteiger partial charge on any atom is 0.337 e. The second-order valence-corrected chi connectivity index (χ2v) is 4.79. The van der Waals surface area contributed by atoms with E-state index in [1.807, 2.05) is 0 Å².